The zero-order valence-electron chi connectivity index (χ0n) is 14.0. The van der Waals surface area contributed by atoms with Gasteiger partial charge in [0.2, 0.25) is 0 Å². The number of nitrogens with zero attached hydrogens (tertiary/aromatic N) is 2. The van der Waals surface area contributed by atoms with Crippen molar-refractivity contribution in [3.05, 3.63) is 0 Å². The first-order valence-corrected chi connectivity index (χ1v) is 7.66. The number of aliphatic carboxylic acids is 1. The Bertz CT molecular complexity index is 242. The second kappa shape index (κ2) is 13.0. The smallest absolute Gasteiger partial charge is 0.317 e. The summed E-state index contributed by atoms with van der Waals surface area (Å²) in [6.45, 7) is 8.98. The van der Waals surface area contributed by atoms with Crippen LogP contribution in [-0.4, -0.2) is 87.6 Å². The third-order valence-electron chi connectivity index (χ3n) is 2.98. The quantitative estimate of drug-likeness (QED) is 0.483. The van der Waals surface area contributed by atoms with E-state index in [9.17, 15) is 4.79 Å². The molecule has 126 valence electrons. The van der Waals surface area contributed by atoms with Gasteiger partial charge in [-0.05, 0) is 26.4 Å². The summed E-state index contributed by atoms with van der Waals surface area (Å²) in [5.41, 5.74) is 0. The molecule has 0 aromatic heterocycles. The van der Waals surface area contributed by atoms with E-state index < -0.39 is 5.97 Å². The fourth-order valence-corrected chi connectivity index (χ4v) is 1.62. The van der Waals surface area contributed by atoms with Gasteiger partial charge >= 0.3 is 5.97 Å². The van der Waals surface area contributed by atoms with Crippen LogP contribution in [0.25, 0.3) is 0 Å². The molecule has 0 amide bonds. The second-order valence-electron chi connectivity index (χ2n) is 5.88. The lowest BCUT2D eigenvalue weighted by molar-refractivity contribution is -0.138. The van der Waals surface area contributed by atoms with Crippen molar-refractivity contribution < 1.29 is 19.4 Å². The summed E-state index contributed by atoms with van der Waals surface area (Å²) in [5.74, 6) is -0.185. The van der Waals surface area contributed by atoms with Crippen molar-refractivity contribution in [2.75, 3.05) is 66.7 Å². The fourth-order valence-electron chi connectivity index (χ4n) is 1.62. The summed E-state index contributed by atoms with van der Waals surface area (Å²) in [6.07, 6.45) is 1.03. The third kappa shape index (κ3) is 15.5. The molecular formula is C15H32N2O4. The summed E-state index contributed by atoms with van der Waals surface area (Å²) in [4.78, 5) is 14.7. The minimum absolute atomic E-state index is 0.0323. The monoisotopic (exact) mass is 304 g/mol. The van der Waals surface area contributed by atoms with Gasteiger partial charge in [0, 0.05) is 26.2 Å². The van der Waals surface area contributed by atoms with Gasteiger partial charge in [-0.25, -0.2) is 0 Å². The van der Waals surface area contributed by atoms with Gasteiger partial charge in [0.1, 0.15) is 0 Å². The van der Waals surface area contributed by atoms with E-state index in [-0.39, 0.29) is 6.54 Å². The molecule has 0 aliphatic carbocycles. The highest BCUT2D eigenvalue weighted by molar-refractivity contribution is 5.69. The van der Waals surface area contributed by atoms with Gasteiger partial charge in [-0.15, -0.1) is 0 Å². The molecule has 0 fully saturated rings. The van der Waals surface area contributed by atoms with E-state index in [4.69, 9.17) is 14.6 Å². The minimum atomic E-state index is -0.814. The number of likely N-dealkylation sites (N-methyl/N-ethyl adjacent to an activating group) is 1. The zero-order valence-corrected chi connectivity index (χ0v) is 14.0. The average molecular weight is 304 g/mol. The molecule has 0 aliphatic heterocycles. The largest absolute Gasteiger partial charge is 0.480 e. The van der Waals surface area contributed by atoms with Crippen LogP contribution in [0.5, 0.6) is 0 Å². The number of hydrogen-bond acceptors (Lipinski definition) is 5. The van der Waals surface area contributed by atoms with Crippen LogP contribution >= 0.6 is 0 Å². The van der Waals surface area contributed by atoms with Crippen LogP contribution in [0.3, 0.4) is 0 Å². The van der Waals surface area contributed by atoms with Crippen molar-refractivity contribution in [2.45, 2.75) is 20.3 Å². The normalized spacial score (nSPS) is 11.8. The molecule has 0 aliphatic rings. The van der Waals surface area contributed by atoms with E-state index in [2.05, 4.69) is 18.7 Å². The molecule has 0 saturated heterocycles. The predicted octanol–water partition coefficient (Wildman–Crippen LogP) is 1.01. The summed E-state index contributed by atoms with van der Waals surface area (Å²) in [7, 11) is 3.99. The van der Waals surface area contributed by atoms with Gasteiger partial charge in [-0.1, -0.05) is 13.8 Å². The Morgan fingerprint density at radius 3 is 2.00 bits per heavy atom. The van der Waals surface area contributed by atoms with Gasteiger partial charge in [-0.3, -0.25) is 9.69 Å². The predicted molar refractivity (Wildman–Crippen MR) is 83.7 cm³/mol. The van der Waals surface area contributed by atoms with Crippen LogP contribution < -0.4 is 0 Å². The number of carbonyl (C=O) groups is 1. The molecule has 0 spiro atoms. The van der Waals surface area contributed by atoms with Crippen molar-refractivity contribution in [3.8, 4) is 0 Å². The van der Waals surface area contributed by atoms with E-state index in [1.807, 2.05) is 19.0 Å². The maximum Gasteiger partial charge on any atom is 0.317 e. The molecule has 21 heavy (non-hydrogen) atoms. The third-order valence-corrected chi connectivity index (χ3v) is 2.98. The van der Waals surface area contributed by atoms with Crippen LogP contribution in [0.1, 0.15) is 20.3 Å². The second-order valence-corrected chi connectivity index (χ2v) is 5.88. The van der Waals surface area contributed by atoms with Gasteiger partial charge in [-0.2, -0.15) is 0 Å². The topological polar surface area (TPSA) is 62.2 Å². The first-order chi connectivity index (χ1) is 9.91. The Labute approximate surface area is 129 Å². The van der Waals surface area contributed by atoms with Crippen molar-refractivity contribution in [1.29, 1.82) is 0 Å². The fraction of sp³-hybridized carbons (Fsp3) is 0.933. The number of carboxylic acids is 1. The van der Waals surface area contributed by atoms with Crippen LogP contribution in [0.4, 0.5) is 0 Å². The maximum absolute atomic E-state index is 10.8. The summed E-state index contributed by atoms with van der Waals surface area (Å²) in [5, 5.41) is 8.90. The lowest BCUT2D eigenvalue weighted by atomic mass is 10.1. The zero-order chi connectivity index (χ0) is 16.1. The Morgan fingerprint density at radius 2 is 1.52 bits per heavy atom. The van der Waals surface area contributed by atoms with Crippen molar-refractivity contribution in [1.82, 2.24) is 9.80 Å². The summed E-state index contributed by atoms with van der Waals surface area (Å²) in [6, 6.07) is 0. The van der Waals surface area contributed by atoms with E-state index in [0.29, 0.717) is 38.8 Å². The molecule has 0 radical (unpaired) electrons. The summed E-state index contributed by atoms with van der Waals surface area (Å²) >= 11 is 0. The Balaban J connectivity index is 3.74. The molecule has 0 unspecified atom stereocenters. The van der Waals surface area contributed by atoms with E-state index in [1.165, 1.54) is 0 Å². The Morgan fingerprint density at radius 1 is 1.00 bits per heavy atom. The molecule has 6 nitrogen and oxygen atoms in total. The first kappa shape index (κ1) is 20.3. The number of ether oxygens (including phenoxy) is 2. The first-order valence-electron chi connectivity index (χ1n) is 7.66. The molecule has 6 heteroatoms. The summed E-state index contributed by atoms with van der Waals surface area (Å²) < 4.78 is 11.0. The van der Waals surface area contributed by atoms with Gasteiger partial charge in [0.25, 0.3) is 0 Å². The van der Waals surface area contributed by atoms with Crippen molar-refractivity contribution in [2.24, 2.45) is 5.92 Å². The molecule has 0 aromatic carbocycles. The van der Waals surface area contributed by atoms with E-state index in [0.717, 1.165) is 19.6 Å². The Hall–Kier alpha value is -0.690. The average Bonchev–Trinajstić information content (AvgIpc) is 2.36. The molecule has 0 heterocycles. The van der Waals surface area contributed by atoms with Crippen molar-refractivity contribution in [3.63, 3.8) is 0 Å². The highest BCUT2D eigenvalue weighted by Crippen LogP contribution is 1.99. The molecule has 0 saturated carbocycles. The van der Waals surface area contributed by atoms with E-state index in [1.54, 1.807) is 0 Å². The highest BCUT2D eigenvalue weighted by Gasteiger charge is 2.09. The lowest BCUT2D eigenvalue weighted by Crippen LogP contribution is -2.36. The van der Waals surface area contributed by atoms with Gasteiger partial charge < -0.3 is 19.5 Å². The molecular weight excluding hydrogens is 272 g/mol. The minimum Gasteiger partial charge on any atom is -0.480 e. The van der Waals surface area contributed by atoms with Crippen LogP contribution in [0.2, 0.25) is 0 Å². The van der Waals surface area contributed by atoms with E-state index >= 15 is 0 Å². The SMILES string of the molecule is CC(C)CCOCCN(CCOCCN(C)C)CC(=O)O. The maximum atomic E-state index is 10.8. The highest BCUT2D eigenvalue weighted by atomic mass is 16.5. The molecule has 0 rings (SSSR count). The van der Waals surface area contributed by atoms with Crippen LogP contribution in [0.15, 0.2) is 0 Å². The molecule has 1 N–H and O–H groups in total. The van der Waals surface area contributed by atoms with Gasteiger partial charge in [0.05, 0.1) is 26.4 Å². The number of hydrogen-bond donors (Lipinski definition) is 1. The standard InChI is InChI=1S/C15H32N2O4/c1-14(2)5-9-20-11-7-17(13-15(18)19)8-12-21-10-6-16(3)4/h14H,5-13H2,1-4H3,(H,18,19). The number of rotatable bonds is 14. The molecule has 0 bridgehead atoms. The van der Waals surface area contributed by atoms with Crippen molar-refractivity contribution >= 4 is 5.97 Å². The Kier molecular flexibility index (Phi) is 12.6. The number of carboxylic acid groups (broad SMARTS) is 1. The van der Waals surface area contributed by atoms with Crippen LogP contribution in [-0.2, 0) is 14.3 Å². The van der Waals surface area contributed by atoms with Gasteiger partial charge in [0.15, 0.2) is 0 Å². The lowest BCUT2D eigenvalue weighted by Gasteiger charge is -2.20. The molecule has 0 aromatic rings. The van der Waals surface area contributed by atoms with Crippen LogP contribution in [0, 0.1) is 5.92 Å². The molecule has 0 atom stereocenters.